The van der Waals surface area contributed by atoms with Crippen LogP contribution in [0.4, 0.5) is 8.78 Å². The van der Waals surface area contributed by atoms with Gasteiger partial charge < -0.3 is 4.74 Å². The van der Waals surface area contributed by atoms with Crippen molar-refractivity contribution in [1.29, 1.82) is 0 Å². The monoisotopic (exact) mass is 310 g/mol. The van der Waals surface area contributed by atoms with E-state index in [2.05, 4.69) is 0 Å². The molecule has 0 aromatic heterocycles. The van der Waals surface area contributed by atoms with E-state index >= 15 is 0 Å². The van der Waals surface area contributed by atoms with Gasteiger partial charge in [-0.3, -0.25) is 4.79 Å². The normalized spacial score (nSPS) is 10.2. The van der Waals surface area contributed by atoms with Crippen molar-refractivity contribution in [2.45, 2.75) is 0 Å². The predicted octanol–water partition coefficient (Wildman–Crippen LogP) is 3.66. The summed E-state index contributed by atoms with van der Waals surface area (Å²) in [7, 11) is 0. The molecule has 6 heteroatoms. The maximum Gasteiger partial charge on any atom is 0.340 e. The molecule has 0 amide bonds. The smallest absolute Gasteiger partial charge is 0.340 e. The summed E-state index contributed by atoms with van der Waals surface area (Å²) >= 11 is 5.64. The quantitative estimate of drug-likeness (QED) is 0.492. The van der Waals surface area contributed by atoms with Gasteiger partial charge in [-0.2, -0.15) is 0 Å². The third-order valence-corrected chi connectivity index (χ3v) is 2.97. The highest BCUT2D eigenvalue weighted by Gasteiger charge is 2.17. The van der Waals surface area contributed by atoms with Gasteiger partial charge in [-0.05, 0) is 12.1 Å². The molecule has 0 radical (unpaired) electrons. The Labute approximate surface area is 124 Å². The predicted molar refractivity (Wildman–Crippen MR) is 72.4 cm³/mol. The fraction of sp³-hybridized carbons (Fsp3) is 0.0667. The lowest BCUT2D eigenvalue weighted by molar-refractivity contribution is 0.0474. The molecule has 0 aliphatic heterocycles. The summed E-state index contributed by atoms with van der Waals surface area (Å²) in [6, 6.07) is 9.52. The molecule has 0 heterocycles. The Morgan fingerprint density at radius 2 is 1.67 bits per heavy atom. The molecule has 0 saturated carbocycles. The Morgan fingerprint density at radius 3 is 2.33 bits per heavy atom. The Kier molecular flexibility index (Phi) is 4.65. The van der Waals surface area contributed by atoms with Crippen molar-refractivity contribution in [1.82, 2.24) is 0 Å². The number of rotatable bonds is 4. The maximum absolute atomic E-state index is 13.1. The molecule has 21 heavy (non-hydrogen) atoms. The maximum atomic E-state index is 13.1. The first-order chi connectivity index (χ1) is 9.99. The van der Waals surface area contributed by atoms with E-state index < -0.39 is 30.0 Å². The molecule has 0 atom stereocenters. The molecule has 108 valence electrons. The van der Waals surface area contributed by atoms with Crippen molar-refractivity contribution in [3.8, 4) is 0 Å². The summed E-state index contributed by atoms with van der Waals surface area (Å²) in [6.45, 7) is -0.516. The Balaban J connectivity index is 2.06. The van der Waals surface area contributed by atoms with Gasteiger partial charge in [0.15, 0.2) is 24.0 Å². The number of hydrogen-bond acceptors (Lipinski definition) is 3. The van der Waals surface area contributed by atoms with E-state index in [0.29, 0.717) is 17.7 Å². The summed E-state index contributed by atoms with van der Waals surface area (Å²) in [5.74, 6) is -3.80. The second-order valence-corrected chi connectivity index (χ2v) is 4.52. The molecule has 2 aromatic carbocycles. The van der Waals surface area contributed by atoms with E-state index in [9.17, 15) is 18.4 Å². The number of esters is 1. The van der Waals surface area contributed by atoms with E-state index in [1.54, 1.807) is 30.3 Å². The first-order valence-corrected chi connectivity index (χ1v) is 6.26. The summed E-state index contributed by atoms with van der Waals surface area (Å²) in [5.41, 5.74) is 0.0399. The average Bonchev–Trinajstić information content (AvgIpc) is 2.49. The van der Waals surface area contributed by atoms with E-state index in [1.165, 1.54) is 0 Å². The summed E-state index contributed by atoms with van der Waals surface area (Å²) in [6.07, 6.45) is 0. The lowest BCUT2D eigenvalue weighted by atomic mass is 10.1. The van der Waals surface area contributed by atoms with Crippen LogP contribution in [0.25, 0.3) is 0 Å². The SMILES string of the molecule is O=C(COC(=O)c1cc(F)c(F)cc1Cl)c1ccccc1. The number of Topliss-reactive ketones (excluding diaryl/α,β-unsaturated/α-hetero) is 1. The first kappa shape index (κ1) is 15.1. The number of ether oxygens (including phenoxy) is 1. The van der Waals surface area contributed by atoms with Crippen molar-refractivity contribution < 1.29 is 23.1 Å². The van der Waals surface area contributed by atoms with Gasteiger partial charge >= 0.3 is 5.97 Å². The van der Waals surface area contributed by atoms with Gasteiger partial charge in [0.25, 0.3) is 0 Å². The van der Waals surface area contributed by atoms with Crippen molar-refractivity contribution in [2.75, 3.05) is 6.61 Å². The largest absolute Gasteiger partial charge is 0.454 e. The number of carbonyl (C=O) groups is 2. The fourth-order valence-electron chi connectivity index (χ4n) is 1.60. The van der Waals surface area contributed by atoms with Crippen LogP contribution in [0.5, 0.6) is 0 Å². The number of benzene rings is 2. The second-order valence-electron chi connectivity index (χ2n) is 4.11. The molecule has 0 N–H and O–H groups in total. The van der Waals surface area contributed by atoms with Gasteiger partial charge in [-0.1, -0.05) is 41.9 Å². The van der Waals surface area contributed by atoms with Crippen LogP contribution in [-0.4, -0.2) is 18.4 Å². The van der Waals surface area contributed by atoms with Crippen LogP contribution in [0.1, 0.15) is 20.7 Å². The molecule has 2 aromatic rings. The molecule has 0 bridgehead atoms. The van der Waals surface area contributed by atoms with Crippen LogP contribution >= 0.6 is 11.6 Å². The first-order valence-electron chi connectivity index (χ1n) is 5.89. The summed E-state index contributed by atoms with van der Waals surface area (Å²) in [4.78, 5) is 23.5. The number of hydrogen-bond donors (Lipinski definition) is 0. The van der Waals surface area contributed by atoms with Gasteiger partial charge in [0.1, 0.15) is 0 Å². The topological polar surface area (TPSA) is 43.4 Å². The van der Waals surface area contributed by atoms with Crippen molar-refractivity contribution in [3.63, 3.8) is 0 Å². The molecule has 0 fully saturated rings. The number of carbonyl (C=O) groups excluding carboxylic acids is 2. The second kappa shape index (κ2) is 6.45. The van der Waals surface area contributed by atoms with Crippen LogP contribution in [0.15, 0.2) is 42.5 Å². The van der Waals surface area contributed by atoms with Crippen molar-refractivity contribution in [2.24, 2.45) is 0 Å². The highest BCUT2D eigenvalue weighted by Crippen LogP contribution is 2.20. The van der Waals surface area contributed by atoms with E-state index in [4.69, 9.17) is 16.3 Å². The van der Waals surface area contributed by atoms with Crippen LogP contribution in [0.2, 0.25) is 5.02 Å². The van der Waals surface area contributed by atoms with E-state index in [0.717, 1.165) is 0 Å². The third kappa shape index (κ3) is 3.64. The van der Waals surface area contributed by atoms with Gasteiger partial charge in [-0.25, -0.2) is 13.6 Å². The molecule has 0 aliphatic carbocycles. The molecular weight excluding hydrogens is 302 g/mol. The highest BCUT2D eigenvalue weighted by atomic mass is 35.5. The van der Waals surface area contributed by atoms with Gasteiger partial charge in [0.05, 0.1) is 10.6 Å². The molecular formula is C15H9ClF2O3. The Hall–Kier alpha value is -2.27. The molecule has 2 rings (SSSR count). The fourth-order valence-corrected chi connectivity index (χ4v) is 1.82. The summed E-state index contributed by atoms with van der Waals surface area (Å²) in [5, 5.41) is -0.286. The van der Waals surface area contributed by atoms with Crippen molar-refractivity contribution in [3.05, 3.63) is 70.2 Å². The zero-order valence-corrected chi connectivity index (χ0v) is 11.4. The molecule has 0 saturated heterocycles. The minimum absolute atomic E-state index is 0.286. The van der Waals surface area contributed by atoms with Crippen LogP contribution < -0.4 is 0 Å². The minimum atomic E-state index is -1.22. The zero-order valence-electron chi connectivity index (χ0n) is 10.6. The number of ketones is 1. The van der Waals surface area contributed by atoms with Crippen LogP contribution in [-0.2, 0) is 4.74 Å². The molecule has 0 aliphatic rings. The highest BCUT2D eigenvalue weighted by molar-refractivity contribution is 6.33. The van der Waals surface area contributed by atoms with Crippen molar-refractivity contribution >= 4 is 23.4 Å². The van der Waals surface area contributed by atoms with E-state index in [1.807, 2.05) is 0 Å². The average molecular weight is 311 g/mol. The van der Waals surface area contributed by atoms with Crippen LogP contribution in [0, 0.1) is 11.6 Å². The third-order valence-electron chi connectivity index (χ3n) is 2.66. The lowest BCUT2D eigenvalue weighted by Crippen LogP contribution is -2.15. The van der Waals surface area contributed by atoms with Gasteiger partial charge in [0.2, 0.25) is 0 Å². The van der Waals surface area contributed by atoms with Gasteiger partial charge in [0, 0.05) is 5.56 Å². The molecule has 0 spiro atoms. The Bertz CT molecular complexity index is 687. The summed E-state index contributed by atoms with van der Waals surface area (Å²) < 4.78 is 30.7. The Morgan fingerprint density at radius 1 is 1.05 bits per heavy atom. The molecule has 0 unspecified atom stereocenters. The zero-order chi connectivity index (χ0) is 15.4. The standard InChI is InChI=1S/C15H9ClF2O3/c16-11-7-13(18)12(17)6-10(11)15(20)21-8-14(19)9-4-2-1-3-5-9/h1-7H,8H2. The molecule has 3 nitrogen and oxygen atoms in total. The lowest BCUT2D eigenvalue weighted by Gasteiger charge is -2.06. The minimum Gasteiger partial charge on any atom is -0.454 e. The van der Waals surface area contributed by atoms with E-state index in [-0.39, 0.29) is 10.6 Å². The number of halogens is 3. The van der Waals surface area contributed by atoms with Gasteiger partial charge in [-0.15, -0.1) is 0 Å². The van der Waals surface area contributed by atoms with Crippen LogP contribution in [0.3, 0.4) is 0 Å².